The third-order valence-electron chi connectivity index (χ3n) is 3.56. The van der Waals surface area contributed by atoms with E-state index in [1.165, 1.54) is 0 Å². The molecule has 6 heteroatoms. The number of hydrogen-bond acceptors (Lipinski definition) is 6. The van der Waals surface area contributed by atoms with Crippen LogP contribution < -0.4 is 0 Å². The van der Waals surface area contributed by atoms with Crippen molar-refractivity contribution >= 4 is 11.9 Å². The molecule has 0 bridgehead atoms. The molecule has 20 heavy (non-hydrogen) atoms. The molecule has 0 heterocycles. The lowest BCUT2D eigenvalue weighted by molar-refractivity contribution is -0.147. The Morgan fingerprint density at radius 3 is 1.60 bits per heavy atom. The molecule has 0 aliphatic heterocycles. The van der Waals surface area contributed by atoms with Crippen molar-refractivity contribution in [1.29, 1.82) is 0 Å². The first kappa shape index (κ1) is 16.4. The van der Waals surface area contributed by atoms with Crippen molar-refractivity contribution in [2.45, 2.75) is 32.1 Å². The van der Waals surface area contributed by atoms with Gasteiger partial charge >= 0.3 is 11.9 Å². The van der Waals surface area contributed by atoms with E-state index in [-0.39, 0.29) is 16.6 Å². The lowest BCUT2D eigenvalue weighted by Gasteiger charge is -2.42. The average Bonchev–Trinajstić information content (AvgIpc) is 2.36. The molecule has 1 rings (SSSR count). The molecule has 0 aromatic rings. The second-order valence-electron chi connectivity index (χ2n) is 5.04. The maximum absolute atomic E-state index is 11.5. The smallest absolute Gasteiger partial charge is 0.335 e. The zero-order chi connectivity index (χ0) is 15.2. The van der Waals surface area contributed by atoms with Crippen LogP contribution in [0.5, 0.6) is 0 Å². The number of carbonyl (C=O) groups excluding carboxylic acids is 2. The molecular formula is C14H20O6. The van der Waals surface area contributed by atoms with Crippen LogP contribution in [0.15, 0.2) is 24.3 Å². The zero-order valence-electron chi connectivity index (χ0n) is 11.4. The largest absolute Gasteiger partial charge is 0.435 e. The first-order chi connectivity index (χ1) is 9.44. The summed E-state index contributed by atoms with van der Waals surface area (Å²) in [6, 6.07) is 0. The Morgan fingerprint density at radius 2 is 1.35 bits per heavy atom. The van der Waals surface area contributed by atoms with Gasteiger partial charge in [-0.15, -0.1) is 0 Å². The topological polar surface area (TPSA) is 93.1 Å². The highest BCUT2D eigenvalue weighted by Crippen LogP contribution is 2.50. The van der Waals surface area contributed by atoms with Gasteiger partial charge in [-0.2, -0.15) is 0 Å². The summed E-state index contributed by atoms with van der Waals surface area (Å²) in [6.45, 7) is 5.95. The van der Waals surface area contributed by atoms with Gasteiger partial charge in [-0.3, -0.25) is 0 Å². The molecule has 0 amide bonds. The highest BCUT2D eigenvalue weighted by molar-refractivity contribution is 5.89. The third kappa shape index (κ3) is 4.18. The summed E-state index contributed by atoms with van der Waals surface area (Å²) in [7, 11) is 0. The van der Waals surface area contributed by atoms with Gasteiger partial charge in [0.15, 0.2) is 13.6 Å². The van der Waals surface area contributed by atoms with E-state index in [0.717, 1.165) is 19.3 Å². The van der Waals surface area contributed by atoms with Crippen molar-refractivity contribution in [3.8, 4) is 0 Å². The van der Waals surface area contributed by atoms with E-state index in [4.69, 9.17) is 10.2 Å². The van der Waals surface area contributed by atoms with Crippen molar-refractivity contribution < 1.29 is 29.3 Å². The quantitative estimate of drug-likeness (QED) is 0.393. The number of esters is 2. The van der Waals surface area contributed by atoms with Crippen LogP contribution in [0, 0.1) is 5.41 Å². The van der Waals surface area contributed by atoms with Crippen molar-refractivity contribution in [2.24, 2.45) is 5.41 Å². The van der Waals surface area contributed by atoms with E-state index in [1.54, 1.807) is 0 Å². The maximum atomic E-state index is 11.5. The highest BCUT2D eigenvalue weighted by atomic mass is 16.6. The van der Waals surface area contributed by atoms with Crippen molar-refractivity contribution in [3.63, 3.8) is 0 Å². The molecule has 0 aromatic carbocycles. The van der Waals surface area contributed by atoms with Crippen LogP contribution in [-0.4, -0.2) is 35.7 Å². The first-order valence-corrected chi connectivity index (χ1v) is 6.35. The Morgan fingerprint density at radius 1 is 0.950 bits per heavy atom. The summed E-state index contributed by atoms with van der Waals surface area (Å²) in [5.74, 6) is -1.27. The highest BCUT2D eigenvalue weighted by Gasteiger charge is 2.39. The van der Waals surface area contributed by atoms with Gasteiger partial charge in [0.1, 0.15) is 0 Å². The summed E-state index contributed by atoms with van der Waals surface area (Å²) in [5.41, 5.74) is 0.293. The van der Waals surface area contributed by atoms with Gasteiger partial charge in [0.05, 0.1) is 0 Å². The fourth-order valence-electron chi connectivity index (χ4n) is 2.46. The molecule has 112 valence electrons. The Hall–Kier alpha value is -1.66. The lowest BCUT2D eigenvalue weighted by Crippen LogP contribution is -2.32. The number of carbonyl (C=O) groups is 2. The maximum Gasteiger partial charge on any atom is 0.335 e. The van der Waals surface area contributed by atoms with E-state index in [1.807, 2.05) is 0 Å². The second-order valence-corrected chi connectivity index (χ2v) is 5.04. The van der Waals surface area contributed by atoms with Gasteiger partial charge in [-0.25, -0.2) is 9.59 Å². The van der Waals surface area contributed by atoms with Crippen LogP contribution in [-0.2, 0) is 19.1 Å². The molecule has 0 unspecified atom stereocenters. The molecule has 0 saturated heterocycles. The normalized spacial score (nSPS) is 15.9. The van der Waals surface area contributed by atoms with E-state index in [9.17, 15) is 9.59 Å². The molecule has 0 radical (unpaired) electrons. The minimum atomic E-state index is -0.680. The van der Waals surface area contributed by atoms with Crippen LogP contribution in [0.25, 0.3) is 0 Å². The van der Waals surface area contributed by atoms with Crippen LogP contribution in [0.2, 0.25) is 0 Å². The van der Waals surface area contributed by atoms with Crippen LogP contribution in [0.1, 0.15) is 32.1 Å². The summed E-state index contributed by atoms with van der Waals surface area (Å²) in [5, 5.41) is 17.1. The minimum absolute atomic E-state index is 0.239. The predicted octanol–water partition coefficient (Wildman–Crippen LogP) is 1.04. The summed E-state index contributed by atoms with van der Waals surface area (Å²) in [4.78, 5) is 22.9. The van der Waals surface area contributed by atoms with E-state index in [0.29, 0.717) is 12.8 Å². The third-order valence-corrected chi connectivity index (χ3v) is 3.56. The van der Waals surface area contributed by atoms with E-state index < -0.39 is 25.5 Å². The monoisotopic (exact) mass is 284 g/mol. The Bertz CT molecular complexity index is 374. The Labute approximate surface area is 117 Å². The summed E-state index contributed by atoms with van der Waals surface area (Å²) < 4.78 is 8.96. The van der Waals surface area contributed by atoms with Crippen LogP contribution in [0.4, 0.5) is 0 Å². The zero-order valence-corrected chi connectivity index (χ0v) is 11.4. The molecule has 1 aliphatic carbocycles. The first-order valence-electron chi connectivity index (χ1n) is 6.35. The molecule has 0 aromatic heterocycles. The molecule has 1 fully saturated rings. The molecule has 0 spiro atoms. The molecular weight excluding hydrogens is 264 g/mol. The molecule has 0 atom stereocenters. The Kier molecular flexibility index (Phi) is 5.91. The van der Waals surface area contributed by atoms with Crippen molar-refractivity contribution in [2.75, 3.05) is 13.6 Å². The van der Waals surface area contributed by atoms with E-state index in [2.05, 4.69) is 22.6 Å². The average molecular weight is 284 g/mol. The van der Waals surface area contributed by atoms with Gasteiger partial charge in [0, 0.05) is 11.1 Å². The van der Waals surface area contributed by atoms with E-state index >= 15 is 0 Å². The standard InChI is InChI=1S/C14H20O6/c1-10(12(17)19-8-15)6-14(4-3-5-14)7-11(2)13(18)20-9-16/h15-16H,1-9H2. The van der Waals surface area contributed by atoms with Gasteiger partial charge in [-0.05, 0) is 31.1 Å². The molecule has 6 nitrogen and oxygen atoms in total. The Balaban J connectivity index is 2.59. The fraction of sp³-hybridized carbons (Fsp3) is 0.571. The molecule has 2 N–H and O–H groups in total. The number of aliphatic hydroxyl groups is 2. The minimum Gasteiger partial charge on any atom is -0.435 e. The lowest BCUT2D eigenvalue weighted by atomic mass is 9.62. The summed E-state index contributed by atoms with van der Waals surface area (Å²) in [6.07, 6.45) is 3.48. The van der Waals surface area contributed by atoms with Gasteiger partial charge in [-0.1, -0.05) is 19.6 Å². The fourth-order valence-corrected chi connectivity index (χ4v) is 2.46. The van der Waals surface area contributed by atoms with Gasteiger partial charge < -0.3 is 19.7 Å². The second kappa shape index (κ2) is 7.21. The number of aliphatic hydroxyl groups excluding tert-OH is 2. The summed E-state index contributed by atoms with van der Waals surface area (Å²) >= 11 is 0. The van der Waals surface area contributed by atoms with Crippen LogP contribution >= 0.6 is 0 Å². The van der Waals surface area contributed by atoms with Gasteiger partial charge in [0.25, 0.3) is 0 Å². The van der Waals surface area contributed by atoms with Crippen molar-refractivity contribution in [3.05, 3.63) is 24.3 Å². The van der Waals surface area contributed by atoms with Crippen LogP contribution in [0.3, 0.4) is 0 Å². The SMILES string of the molecule is C=C(CC1(CC(=C)C(=O)OCO)CCC1)C(=O)OCO. The number of ether oxygens (including phenoxy) is 2. The molecule has 1 saturated carbocycles. The number of rotatable bonds is 8. The van der Waals surface area contributed by atoms with Gasteiger partial charge in [0.2, 0.25) is 0 Å². The van der Waals surface area contributed by atoms with Crippen molar-refractivity contribution in [1.82, 2.24) is 0 Å². The number of hydrogen-bond donors (Lipinski definition) is 2. The predicted molar refractivity (Wildman–Crippen MR) is 70.2 cm³/mol. The molecule has 1 aliphatic rings.